The van der Waals surface area contributed by atoms with Gasteiger partial charge in [0.1, 0.15) is 11.5 Å². The summed E-state index contributed by atoms with van der Waals surface area (Å²) >= 11 is 6.12. The number of nitrogens with one attached hydrogen (secondary N) is 2. The predicted octanol–water partition coefficient (Wildman–Crippen LogP) is 3.05. The summed E-state index contributed by atoms with van der Waals surface area (Å²) in [5.41, 5.74) is 1.14. The van der Waals surface area contributed by atoms with Gasteiger partial charge in [0.15, 0.2) is 0 Å². The molecule has 1 aromatic carbocycles. The van der Waals surface area contributed by atoms with Gasteiger partial charge in [-0.2, -0.15) is 0 Å². The van der Waals surface area contributed by atoms with Gasteiger partial charge < -0.3 is 10.6 Å². The number of nitrogens with zero attached hydrogens (tertiary/aromatic N) is 2. The van der Waals surface area contributed by atoms with E-state index in [1.807, 2.05) is 32.0 Å². The minimum atomic E-state index is -0.280. The molecule has 5 nitrogen and oxygen atoms in total. The van der Waals surface area contributed by atoms with Crippen molar-refractivity contribution in [1.82, 2.24) is 15.3 Å². The Labute approximate surface area is 128 Å². The Morgan fingerprint density at radius 2 is 2.05 bits per heavy atom. The standard InChI is InChI=1S/C15H17ClN4O/c1-3-17-14-9-18-13(8-19-14)15(21)20-10(2)11-6-4-5-7-12(11)16/h4-10H,3H2,1-2H3,(H,17,19)(H,20,21). The smallest absolute Gasteiger partial charge is 0.271 e. The molecule has 0 aliphatic rings. The number of aromatic nitrogens is 2. The van der Waals surface area contributed by atoms with Gasteiger partial charge in [0.25, 0.3) is 5.91 Å². The summed E-state index contributed by atoms with van der Waals surface area (Å²) in [7, 11) is 0. The van der Waals surface area contributed by atoms with E-state index in [-0.39, 0.29) is 17.6 Å². The van der Waals surface area contributed by atoms with Crippen molar-refractivity contribution in [2.45, 2.75) is 19.9 Å². The summed E-state index contributed by atoms with van der Waals surface area (Å²) in [5.74, 6) is 0.367. The van der Waals surface area contributed by atoms with Crippen molar-refractivity contribution in [1.29, 1.82) is 0 Å². The molecule has 2 N–H and O–H groups in total. The molecule has 1 heterocycles. The Morgan fingerprint density at radius 1 is 1.29 bits per heavy atom. The molecule has 2 rings (SSSR count). The molecule has 2 aromatic rings. The summed E-state index contributed by atoms with van der Waals surface area (Å²) in [6.45, 7) is 4.59. The number of anilines is 1. The number of amides is 1. The summed E-state index contributed by atoms with van der Waals surface area (Å²) in [6.07, 6.45) is 2.99. The van der Waals surface area contributed by atoms with E-state index < -0.39 is 0 Å². The van der Waals surface area contributed by atoms with Crippen LogP contribution in [0.5, 0.6) is 0 Å². The molecule has 110 valence electrons. The van der Waals surface area contributed by atoms with E-state index >= 15 is 0 Å². The van der Waals surface area contributed by atoms with Crippen LogP contribution in [0.1, 0.15) is 35.9 Å². The van der Waals surface area contributed by atoms with Gasteiger partial charge in [-0.15, -0.1) is 0 Å². The molecule has 1 aromatic heterocycles. The first-order chi connectivity index (χ1) is 10.1. The van der Waals surface area contributed by atoms with Crippen LogP contribution in [-0.2, 0) is 0 Å². The number of carbonyl (C=O) groups is 1. The maximum absolute atomic E-state index is 12.1. The van der Waals surface area contributed by atoms with Gasteiger partial charge in [-0.3, -0.25) is 4.79 Å². The van der Waals surface area contributed by atoms with E-state index in [0.717, 1.165) is 12.1 Å². The van der Waals surface area contributed by atoms with Crippen LogP contribution in [-0.4, -0.2) is 22.4 Å². The molecule has 0 radical (unpaired) electrons. The van der Waals surface area contributed by atoms with Crippen LogP contribution in [0.3, 0.4) is 0 Å². The van der Waals surface area contributed by atoms with Gasteiger partial charge in [0.05, 0.1) is 18.4 Å². The van der Waals surface area contributed by atoms with E-state index in [1.165, 1.54) is 6.20 Å². The summed E-state index contributed by atoms with van der Waals surface area (Å²) in [4.78, 5) is 20.4. The van der Waals surface area contributed by atoms with Gasteiger partial charge in [-0.25, -0.2) is 9.97 Å². The van der Waals surface area contributed by atoms with Crippen molar-refractivity contribution in [3.05, 3.63) is 52.9 Å². The molecule has 6 heteroatoms. The maximum atomic E-state index is 12.1. The summed E-state index contributed by atoms with van der Waals surface area (Å²) in [6, 6.07) is 7.21. The molecule has 0 bridgehead atoms. The largest absolute Gasteiger partial charge is 0.369 e. The average molecular weight is 305 g/mol. The van der Waals surface area contributed by atoms with Gasteiger partial charge in [0.2, 0.25) is 0 Å². The molecule has 0 spiro atoms. The molecule has 0 saturated heterocycles. The highest BCUT2D eigenvalue weighted by Crippen LogP contribution is 2.22. The Bertz CT molecular complexity index is 615. The number of carbonyl (C=O) groups excluding carboxylic acids is 1. The number of hydrogen-bond donors (Lipinski definition) is 2. The van der Waals surface area contributed by atoms with E-state index in [1.54, 1.807) is 12.3 Å². The van der Waals surface area contributed by atoms with Crippen LogP contribution in [0.4, 0.5) is 5.82 Å². The number of benzene rings is 1. The lowest BCUT2D eigenvalue weighted by molar-refractivity contribution is 0.0934. The molecule has 0 saturated carbocycles. The van der Waals surface area contributed by atoms with Gasteiger partial charge in [0, 0.05) is 11.6 Å². The zero-order valence-electron chi connectivity index (χ0n) is 11.9. The van der Waals surface area contributed by atoms with Gasteiger partial charge in [-0.1, -0.05) is 29.8 Å². The zero-order chi connectivity index (χ0) is 15.2. The van der Waals surface area contributed by atoms with Crippen molar-refractivity contribution < 1.29 is 4.79 Å². The Kier molecular flexibility index (Phi) is 5.11. The third kappa shape index (κ3) is 3.92. The van der Waals surface area contributed by atoms with Crippen LogP contribution < -0.4 is 10.6 Å². The normalized spacial score (nSPS) is 11.8. The third-order valence-electron chi connectivity index (χ3n) is 2.96. The maximum Gasteiger partial charge on any atom is 0.271 e. The second-order valence-electron chi connectivity index (χ2n) is 4.53. The molecule has 0 fully saturated rings. The fraction of sp³-hybridized carbons (Fsp3) is 0.267. The quantitative estimate of drug-likeness (QED) is 0.891. The zero-order valence-corrected chi connectivity index (χ0v) is 12.7. The van der Waals surface area contributed by atoms with E-state index in [9.17, 15) is 4.79 Å². The monoisotopic (exact) mass is 304 g/mol. The highest BCUT2D eigenvalue weighted by atomic mass is 35.5. The minimum Gasteiger partial charge on any atom is -0.369 e. The Balaban J connectivity index is 2.05. The average Bonchev–Trinajstić information content (AvgIpc) is 2.48. The third-order valence-corrected chi connectivity index (χ3v) is 3.31. The van der Waals surface area contributed by atoms with Crippen molar-refractivity contribution in [2.24, 2.45) is 0 Å². The van der Waals surface area contributed by atoms with Crippen molar-refractivity contribution in [3.8, 4) is 0 Å². The van der Waals surface area contributed by atoms with Crippen molar-refractivity contribution in [2.75, 3.05) is 11.9 Å². The lowest BCUT2D eigenvalue weighted by Crippen LogP contribution is -2.27. The topological polar surface area (TPSA) is 66.9 Å². The van der Waals surface area contributed by atoms with Crippen LogP contribution in [0.25, 0.3) is 0 Å². The molecule has 1 unspecified atom stereocenters. The van der Waals surface area contributed by atoms with E-state index in [4.69, 9.17) is 11.6 Å². The van der Waals surface area contributed by atoms with Crippen molar-refractivity contribution in [3.63, 3.8) is 0 Å². The first-order valence-electron chi connectivity index (χ1n) is 6.73. The minimum absolute atomic E-state index is 0.207. The fourth-order valence-corrected chi connectivity index (χ4v) is 2.19. The molecule has 0 aliphatic heterocycles. The first kappa shape index (κ1) is 15.3. The SMILES string of the molecule is CCNc1cnc(C(=O)NC(C)c2ccccc2Cl)cn1. The second kappa shape index (κ2) is 7.04. The van der Waals surface area contributed by atoms with Crippen LogP contribution >= 0.6 is 11.6 Å². The molecule has 21 heavy (non-hydrogen) atoms. The van der Waals surface area contributed by atoms with Crippen LogP contribution in [0, 0.1) is 0 Å². The molecule has 1 amide bonds. The number of hydrogen-bond acceptors (Lipinski definition) is 4. The Hall–Kier alpha value is -2.14. The summed E-state index contributed by atoms with van der Waals surface area (Å²) in [5, 5.41) is 6.51. The lowest BCUT2D eigenvalue weighted by atomic mass is 10.1. The fourth-order valence-electron chi connectivity index (χ4n) is 1.89. The van der Waals surface area contributed by atoms with Gasteiger partial charge >= 0.3 is 0 Å². The molecular weight excluding hydrogens is 288 g/mol. The molecular formula is C15H17ClN4O. The highest BCUT2D eigenvalue weighted by Gasteiger charge is 2.14. The van der Waals surface area contributed by atoms with Gasteiger partial charge in [-0.05, 0) is 25.5 Å². The van der Waals surface area contributed by atoms with E-state index in [2.05, 4.69) is 20.6 Å². The number of halogens is 1. The second-order valence-corrected chi connectivity index (χ2v) is 4.94. The first-order valence-corrected chi connectivity index (χ1v) is 7.10. The predicted molar refractivity (Wildman–Crippen MR) is 83.5 cm³/mol. The highest BCUT2D eigenvalue weighted by molar-refractivity contribution is 6.31. The van der Waals surface area contributed by atoms with Crippen molar-refractivity contribution >= 4 is 23.3 Å². The lowest BCUT2D eigenvalue weighted by Gasteiger charge is -2.15. The number of rotatable bonds is 5. The Morgan fingerprint density at radius 3 is 2.67 bits per heavy atom. The summed E-state index contributed by atoms with van der Waals surface area (Å²) < 4.78 is 0. The molecule has 1 atom stereocenters. The van der Waals surface area contributed by atoms with Crippen LogP contribution in [0.15, 0.2) is 36.7 Å². The van der Waals surface area contributed by atoms with E-state index in [0.29, 0.717) is 10.8 Å². The van der Waals surface area contributed by atoms with Crippen LogP contribution in [0.2, 0.25) is 5.02 Å². The molecule has 0 aliphatic carbocycles.